The summed E-state index contributed by atoms with van der Waals surface area (Å²) in [5, 5.41) is 356. The number of carbonyl (C=O) groups is 8. The zero-order valence-electron chi connectivity index (χ0n) is 73.8. The number of hydrogen-bond acceptors (Lipinski definition) is 55. The van der Waals surface area contributed by atoms with Crippen molar-refractivity contribution in [3.8, 4) is 0 Å². The monoisotopic (exact) mass is 2020 g/mol. The predicted octanol–water partition coefficient (Wildman–Crippen LogP) is -23.8. The molecule has 0 saturated carbocycles. The molecule has 4 unspecified atom stereocenters. The molecule has 36 N–H and O–H groups in total. The van der Waals surface area contributed by atoms with Gasteiger partial charge in [0.25, 0.3) is 11.6 Å². The Morgan fingerprint density at radius 1 is 0.348 bits per heavy atom. The van der Waals surface area contributed by atoms with Gasteiger partial charge in [-0.2, -0.15) is 0 Å². The second-order valence-electron chi connectivity index (χ2n) is 34.3. The van der Waals surface area contributed by atoms with Gasteiger partial charge < -0.3 is 275 Å². The smallest absolute Gasteiger partial charge is 0.364 e. The van der Waals surface area contributed by atoms with Crippen molar-refractivity contribution in [3.63, 3.8) is 0 Å². The molecule has 5 amide bonds. The van der Waals surface area contributed by atoms with Gasteiger partial charge in [-0.3, -0.25) is 24.0 Å². The van der Waals surface area contributed by atoms with Crippen molar-refractivity contribution in [1.82, 2.24) is 26.6 Å². The molecule has 0 radical (unpaired) electrons. The van der Waals surface area contributed by atoms with Gasteiger partial charge in [0.2, 0.25) is 29.5 Å². The molecule has 62 nitrogen and oxygen atoms in total. The van der Waals surface area contributed by atoms with E-state index < -0.39 is 432 Å². The van der Waals surface area contributed by atoms with Crippen molar-refractivity contribution in [2.45, 2.75) is 359 Å². The van der Waals surface area contributed by atoms with Gasteiger partial charge in [-0.05, 0) is 0 Å². The molecule has 0 bridgehead atoms. The van der Waals surface area contributed by atoms with E-state index in [2.05, 4.69) is 21.3 Å². The van der Waals surface area contributed by atoms with Gasteiger partial charge in [-0.1, -0.05) is 0 Å². The Labute approximate surface area is 779 Å². The van der Waals surface area contributed by atoms with Crippen molar-refractivity contribution >= 4 is 47.8 Å². The van der Waals surface area contributed by atoms with Crippen LogP contribution < -0.4 is 26.6 Å². The van der Waals surface area contributed by atoms with Gasteiger partial charge in [-0.25, -0.2) is 9.59 Å². The van der Waals surface area contributed by atoms with E-state index in [0.717, 1.165) is 34.6 Å². The van der Waals surface area contributed by atoms with Crippen LogP contribution in [0, 0.1) is 0 Å². The molecular formula is C76H125N5O57. The number of nitrogens with one attached hydrogen (secondary N) is 5. The number of carboxylic acid groups (broad SMARTS) is 2. The number of carboxylic acids is 2. The van der Waals surface area contributed by atoms with Crippen LogP contribution in [-0.2, 0) is 124 Å². The Morgan fingerprint density at radius 3 is 1.04 bits per heavy atom. The van der Waals surface area contributed by atoms with Gasteiger partial charge in [0.1, 0.15) is 238 Å². The molecule has 9 fully saturated rings. The number of aliphatic hydroxyl groups excluding tert-OH is 29. The summed E-state index contributed by atoms with van der Waals surface area (Å²) in [5.41, 5.74) is 0. The van der Waals surface area contributed by atoms with Gasteiger partial charge in [0, 0.05) is 47.5 Å². The summed E-state index contributed by atoms with van der Waals surface area (Å²) >= 11 is 0. The number of aliphatic carboxylic acids is 2. The number of aldehydes is 1. The quantitative estimate of drug-likeness (QED) is 0.0252. The highest BCUT2D eigenvalue weighted by molar-refractivity contribution is 5.79. The molecular weight excluding hydrogens is 1890 g/mol. The van der Waals surface area contributed by atoms with E-state index in [9.17, 15) is 197 Å². The molecule has 0 aromatic heterocycles. The lowest BCUT2D eigenvalue weighted by Gasteiger charge is -2.50. The van der Waals surface area contributed by atoms with Gasteiger partial charge >= 0.3 is 11.9 Å². The maximum atomic E-state index is 13.2. The van der Waals surface area contributed by atoms with E-state index in [-0.39, 0.29) is 6.29 Å². The van der Waals surface area contributed by atoms with Crippen molar-refractivity contribution in [2.75, 3.05) is 66.1 Å². The minimum atomic E-state index is -3.12. The minimum Gasteiger partial charge on any atom is -0.477 e. The maximum Gasteiger partial charge on any atom is 0.364 e. The van der Waals surface area contributed by atoms with E-state index in [4.69, 9.17) is 85.3 Å². The Bertz CT molecular complexity index is 3910. The first kappa shape index (κ1) is 116. The topological polar surface area (TPSA) is 990 Å². The van der Waals surface area contributed by atoms with E-state index in [1.165, 1.54) is 0 Å². The van der Waals surface area contributed by atoms with Crippen LogP contribution in [-0.4, -0.2) is 584 Å². The standard InChI is InChI=1S/C76H125N5O57/c1-19(90)77-24(8-82)41(100)58(29(99)11-85)131-70-57(116)63(134-72-65(54(113)45(104)31(13-87)125-72)136-67-40(81-23(5)94)50(109)60(33(15-89)127-67)133-69-56(115)52(111)47(106)36(130-69)18-123-76(74(119)120)7-26(96)38(79-21(3)92)62(138-76)43(102)28(98)10-84)48(107)34(128-70)16-121-71-64(53(112)44(103)30(12-86)124-71)135-66-39(80-22(4)93)49(108)59(32(14-88)126-66)132-68-55(114)51(110)46(105)35(129-68)17-122-75(73(117)118)6-25(95)37(78-20(2)91)61(137-75)42(101)27(97)9-83/h8,24-72,83-89,95-116H,6-7,9-18H2,1-5H3,(H,77,90)(H,78,91)(H,79,92)(H,80,93)(H,81,94)(H,117,118)(H,119,120)/t24-,25-,26-,27+,28+,29+,30+,31+,32+,33+,34+,35+,36+,37+,38+,39+,40+,41+,42+,43+,44+,45+,46-,47-,48+,49+,50+,51-,52-,53-,54-,55+,56+,57-,58+,59+,60+,61?,62?,63-,64-,65-,66-,67-,68-,69-,70-,71-,72+,75?,76?/m0/s1. The average molecular weight is 2020 g/mol. The van der Waals surface area contributed by atoms with E-state index >= 15 is 0 Å². The highest BCUT2D eigenvalue weighted by Crippen LogP contribution is 2.42. The van der Waals surface area contributed by atoms with E-state index in [1.54, 1.807) is 0 Å². The van der Waals surface area contributed by atoms with Gasteiger partial charge in [0.15, 0.2) is 44.0 Å². The second kappa shape index (κ2) is 50.3. The minimum absolute atomic E-state index is 0.0714. The first-order valence-corrected chi connectivity index (χ1v) is 43.2. The summed E-state index contributed by atoms with van der Waals surface area (Å²) in [6.45, 7) is -8.17. The lowest BCUT2D eigenvalue weighted by molar-refractivity contribution is -0.396. The Kier molecular flexibility index (Phi) is 42.1. The van der Waals surface area contributed by atoms with Crippen LogP contribution in [0.25, 0.3) is 0 Å². The third-order valence-electron chi connectivity index (χ3n) is 24.4. The van der Waals surface area contributed by atoms with Crippen LogP contribution in [0.5, 0.6) is 0 Å². The number of hydrogen-bond donors (Lipinski definition) is 36. The summed E-state index contributed by atoms with van der Waals surface area (Å²) in [4.78, 5) is 101. The molecule has 9 aliphatic rings. The number of rotatable bonds is 43. The van der Waals surface area contributed by atoms with Crippen LogP contribution in [0.1, 0.15) is 47.5 Å². The van der Waals surface area contributed by atoms with E-state index in [0.29, 0.717) is 0 Å². The highest BCUT2D eigenvalue weighted by atomic mass is 16.8. The third kappa shape index (κ3) is 26.3. The molecule has 0 aliphatic carbocycles. The largest absolute Gasteiger partial charge is 0.477 e. The molecule has 0 aromatic carbocycles. The average Bonchev–Trinajstić information content (AvgIpc) is 0.774. The summed E-state index contributed by atoms with van der Waals surface area (Å²) in [5.74, 6) is -15.2. The van der Waals surface area contributed by atoms with Crippen molar-refractivity contribution in [1.29, 1.82) is 0 Å². The Balaban J connectivity index is 0.985. The molecule has 796 valence electrons. The molecule has 9 heterocycles. The molecule has 9 rings (SSSR count). The summed E-state index contributed by atoms with van der Waals surface area (Å²) < 4.78 is 106. The fraction of sp³-hybridized carbons (Fsp3) is 0.895. The van der Waals surface area contributed by atoms with E-state index in [1.807, 2.05) is 5.32 Å². The molecule has 62 heteroatoms. The van der Waals surface area contributed by atoms with Crippen LogP contribution >= 0.6 is 0 Å². The molecule has 138 heavy (non-hydrogen) atoms. The SMILES string of the molecule is CC(=O)N[C@H]1[C@H](O[C@@H]2[C@@H](OC[C@H]3O[C@@H](O[C@@H]([C@H](O)[C@H](C=O)NC(C)=O)[C@H](O)CO)[C@@H](O)[C@@H](O[C@H]4O[C@H](CO)[C@@H](O)[C@H](O)[C@@H]4O[C@@H]4O[C@H](CO)[C@@H](O[C@@H]5O[C@H](COC6(C(=O)O)C[C@H](O)[C@@H](NC(C)=O)C([C@H](O)[C@H](O)CO)O6)[C@H](O)[C@H](O)[C@H]5O)[C@H](O)[C@H]4NC(C)=O)[C@@H]3O)O[C@H](CO)[C@@H](O)[C@@H]2O)O[C@H](CO)[C@@H](O[C@@H]2O[C@H](COC3(C(=O)O)C[C@H](O)[C@@H](NC(C)=O)C([C@H](O)[C@H](O)CO)O3)[C@H](O)[C@H](O)[C@H]2O)[C@@H]1O. The van der Waals surface area contributed by atoms with Crippen LogP contribution in [0.3, 0.4) is 0 Å². The number of aliphatic hydroxyl groups is 29. The van der Waals surface area contributed by atoms with Crippen LogP contribution in [0.15, 0.2) is 0 Å². The fourth-order valence-corrected chi connectivity index (χ4v) is 17.0. The van der Waals surface area contributed by atoms with Crippen LogP contribution in [0.4, 0.5) is 0 Å². The van der Waals surface area contributed by atoms with Crippen molar-refractivity contribution in [3.05, 3.63) is 0 Å². The molecule has 9 aliphatic heterocycles. The zero-order chi connectivity index (χ0) is 103. The van der Waals surface area contributed by atoms with Crippen LogP contribution in [0.2, 0.25) is 0 Å². The summed E-state index contributed by atoms with van der Waals surface area (Å²) in [6.07, 6.45) is -103. The lowest BCUT2D eigenvalue weighted by Crippen LogP contribution is -2.70. The van der Waals surface area contributed by atoms with Gasteiger partial charge in [-0.15, -0.1) is 0 Å². The predicted molar refractivity (Wildman–Crippen MR) is 423 cm³/mol. The van der Waals surface area contributed by atoms with Crippen molar-refractivity contribution in [2.24, 2.45) is 0 Å². The summed E-state index contributed by atoms with van der Waals surface area (Å²) in [7, 11) is 0. The molecule has 0 spiro atoms. The lowest BCUT2D eigenvalue weighted by atomic mass is 9.88. The zero-order valence-corrected chi connectivity index (χ0v) is 73.8. The number of amides is 5. The first-order valence-electron chi connectivity index (χ1n) is 43.2. The molecule has 51 atom stereocenters. The Morgan fingerprint density at radius 2 is 0.681 bits per heavy atom. The third-order valence-corrected chi connectivity index (χ3v) is 24.4. The first-order chi connectivity index (χ1) is 64.9. The second-order valence-corrected chi connectivity index (χ2v) is 34.3. The normalized spacial score (nSPS) is 43.7. The molecule has 9 saturated heterocycles. The highest BCUT2D eigenvalue weighted by Gasteiger charge is 2.64. The molecule has 0 aromatic rings. The fourth-order valence-electron chi connectivity index (χ4n) is 17.0. The number of ether oxygens (including phenoxy) is 18. The summed E-state index contributed by atoms with van der Waals surface area (Å²) in [6, 6.07) is -9.68. The van der Waals surface area contributed by atoms with Gasteiger partial charge in [0.05, 0.1) is 90.4 Å². The number of carbonyl (C=O) groups excluding carboxylic acids is 6. The maximum absolute atomic E-state index is 13.2. The van der Waals surface area contributed by atoms with Crippen molar-refractivity contribution < 1.29 is 282 Å². The Hall–Kier alpha value is -5.92.